The number of nitrogens with zero attached hydrogens (tertiary/aromatic N) is 5. The highest BCUT2D eigenvalue weighted by atomic mass is 16.3. The van der Waals surface area contributed by atoms with Crippen LogP contribution in [0.2, 0.25) is 0 Å². The van der Waals surface area contributed by atoms with Gasteiger partial charge in [-0.05, 0) is 25.1 Å². The molecule has 24 heavy (non-hydrogen) atoms. The van der Waals surface area contributed by atoms with Crippen molar-refractivity contribution in [2.75, 3.05) is 37.0 Å². The predicted octanol–water partition coefficient (Wildman–Crippen LogP) is 1.95. The summed E-state index contributed by atoms with van der Waals surface area (Å²) in [6.07, 6.45) is 5.11. The van der Waals surface area contributed by atoms with Gasteiger partial charge in [0.15, 0.2) is 5.82 Å². The molecule has 7 heteroatoms. The van der Waals surface area contributed by atoms with Gasteiger partial charge in [0.05, 0.1) is 17.8 Å². The minimum Gasteiger partial charge on any atom is -0.395 e. The van der Waals surface area contributed by atoms with Gasteiger partial charge in [0.1, 0.15) is 11.3 Å². The maximum Gasteiger partial charge on any atom is 0.154 e. The minimum absolute atomic E-state index is 0.105. The molecule has 124 valence electrons. The number of hydrogen-bond donors (Lipinski definition) is 2. The molecule has 0 unspecified atom stereocenters. The molecule has 0 radical (unpaired) electrons. The average molecular weight is 324 g/mol. The van der Waals surface area contributed by atoms with Gasteiger partial charge >= 0.3 is 0 Å². The van der Waals surface area contributed by atoms with Crippen LogP contribution in [-0.2, 0) is 0 Å². The Morgan fingerprint density at radius 3 is 2.67 bits per heavy atom. The van der Waals surface area contributed by atoms with E-state index >= 15 is 0 Å². The average Bonchev–Trinajstić information content (AvgIpc) is 2.65. The molecule has 0 fully saturated rings. The number of hydrogen-bond acceptors (Lipinski definition) is 7. The summed E-state index contributed by atoms with van der Waals surface area (Å²) in [6, 6.07) is 5.83. The summed E-state index contributed by atoms with van der Waals surface area (Å²) in [5, 5.41) is 12.2. The highest BCUT2D eigenvalue weighted by Crippen LogP contribution is 2.25. The predicted molar refractivity (Wildman–Crippen MR) is 95.1 cm³/mol. The zero-order valence-electron chi connectivity index (χ0n) is 13.8. The molecule has 0 atom stereocenters. The maximum absolute atomic E-state index is 9.12. The second-order valence-electron chi connectivity index (χ2n) is 5.24. The van der Waals surface area contributed by atoms with Crippen LogP contribution in [0.1, 0.15) is 6.92 Å². The minimum atomic E-state index is 0.105. The van der Waals surface area contributed by atoms with Crippen LogP contribution in [0.15, 0.2) is 36.8 Å². The highest BCUT2D eigenvalue weighted by Gasteiger charge is 2.10. The fourth-order valence-corrected chi connectivity index (χ4v) is 2.57. The molecular weight excluding hydrogens is 304 g/mol. The second-order valence-corrected chi connectivity index (χ2v) is 5.24. The number of aromatic nitrogens is 4. The molecule has 0 saturated carbocycles. The van der Waals surface area contributed by atoms with Crippen molar-refractivity contribution in [1.29, 1.82) is 0 Å². The van der Waals surface area contributed by atoms with Crippen LogP contribution in [0.5, 0.6) is 0 Å². The summed E-state index contributed by atoms with van der Waals surface area (Å²) in [5.74, 6) is 1.53. The molecule has 0 bridgehead atoms. The van der Waals surface area contributed by atoms with Crippen LogP contribution in [0.25, 0.3) is 22.3 Å². The molecule has 0 aromatic carbocycles. The largest absolute Gasteiger partial charge is 0.395 e. The lowest BCUT2D eigenvalue weighted by Crippen LogP contribution is -2.26. The zero-order valence-corrected chi connectivity index (χ0v) is 13.8. The number of anilines is 2. The second kappa shape index (κ2) is 7.18. The van der Waals surface area contributed by atoms with Gasteiger partial charge in [-0.15, -0.1) is 0 Å². The van der Waals surface area contributed by atoms with Crippen molar-refractivity contribution in [3.05, 3.63) is 36.8 Å². The Balaban J connectivity index is 1.98. The van der Waals surface area contributed by atoms with Crippen molar-refractivity contribution in [1.82, 2.24) is 19.9 Å². The molecule has 0 aliphatic carbocycles. The van der Waals surface area contributed by atoms with Gasteiger partial charge in [-0.2, -0.15) is 0 Å². The molecule has 3 heterocycles. The molecule has 3 aromatic heterocycles. The van der Waals surface area contributed by atoms with Crippen molar-refractivity contribution >= 4 is 22.7 Å². The molecule has 0 spiro atoms. The third-order valence-electron chi connectivity index (χ3n) is 3.81. The summed E-state index contributed by atoms with van der Waals surface area (Å²) in [5.41, 5.74) is 3.22. The number of fused-ring (bicyclic) bond motifs is 1. The standard InChI is InChI=1S/C17H20N6O/c1-3-23(8-9-24)15-5-4-12(11-21-15)13-10-14-16(17(18-2)22-13)20-7-6-19-14/h4-7,10-11,24H,3,8-9H2,1-2H3,(H,18,22). The van der Waals surface area contributed by atoms with Gasteiger partial charge in [0.2, 0.25) is 0 Å². The normalized spacial score (nSPS) is 10.8. The number of nitrogens with one attached hydrogen (secondary N) is 1. The lowest BCUT2D eigenvalue weighted by molar-refractivity contribution is 0.302. The van der Waals surface area contributed by atoms with Gasteiger partial charge in [0.25, 0.3) is 0 Å². The Bertz CT molecular complexity index is 821. The third kappa shape index (κ3) is 3.11. The SMILES string of the molecule is CCN(CCO)c1ccc(-c2cc3nccnc3c(NC)n2)cn1. The van der Waals surface area contributed by atoms with Crippen LogP contribution in [-0.4, -0.2) is 51.8 Å². The van der Waals surface area contributed by atoms with Crippen molar-refractivity contribution in [2.24, 2.45) is 0 Å². The first kappa shape index (κ1) is 16.1. The third-order valence-corrected chi connectivity index (χ3v) is 3.81. The van der Waals surface area contributed by atoms with Gasteiger partial charge in [0, 0.05) is 44.3 Å². The topological polar surface area (TPSA) is 87.1 Å². The van der Waals surface area contributed by atoms with E-state index in [1.165, 1.54) is 0 Å². The van der Waals surface area contributed by atoms with Crippen LogP contribution in [0, 0.1) is 0 Å². The van der Waals surface area contributed by atoms with E-state index in [-0.39, 0.29) is 6.61 Å². The zero-order chi connectivity index (χ0) is 16.9. The Kier molecular flexibility index (Phi) is 4.81. The first-order valence-electron chi connectivity index (χ1n) is 7.88. The summed E-state index contributed by atoms with van der Waals surface area (Å²) in [7, 11) is 1.82. The molecule has 0 amide bonds. The van der Waals surface area contributed by atoms with E-state index < -0.39 is 0 Å². The molecular formula is C17H20N6O. The summed E-state index contributed by atoms with van der Waals surface area (Å²) in [6.45, 7) is 3.50. The molecule has 0 saturated heterocycles. The number of pyridine rings is 2. The lowest BCUT2D eigenvalue weighted by Gasteiger charge is -2.20. The van der Waals surface area contributed by atoms with Crippen LogP contribution in [0.4, 0.5) is 11.6 Å². The Morgan fingerprint density at radius 1 is 1.17 bits per heavy atom. The van der Waals surface area contributed by atoms with E-state index in [1.54, 1.807) is 18.6 Å². The number of likely N-dealkylation sites (N-methyl/N-ethyl adjacent to an activating group) is 1. The van der Waals surface area contributed by atoms with Gasteiger partial charge < -0.3 is 15.3 Å². The Labute approximate surface area is 140 Å². The molecule has 0 aliphatic heterocycles. The van der Waals surface area contributed by atoms with E-state index in [0.29, 0.717) is 12.4 Å². The number of aliphatic hydroxyl groups is 1. The van der Waals surface area contributed by atoms with Crippen LogP contribution < -0.4 is 10.2 Å². The van der Waals surface area contributed by atoms with E-state index in [9.17, 15) is 0 Å². The fraction of sp³-hybridized carbons (Fsp3) is 0.294. The van der Waals surface area contributed by atoms with Crippen molar-refractivity contribution < 1.29 is 5.11 Å². The fourth-order valence-electron chi connectivity index (χ4n) is 2.57. The molecule has 3 rings (SSSR count). The first-order chi connectivity index (χ1) is 11.8. The van der Waals surface area contributed by atoms with E-state index in [1.807, 2.05) is 37.1 Å². The van der Waals surface area contributed by atoms with Crippen molar-refractivity contribution in [3.8, 4) is 11.3 Å². The molecule has 3 aromatic rings. The summed E-state index contributed by atoms with van der Waals surface area (Å²) < 4.78 is 0. The monoisotopic (exact) mass is 324 g/mol. The van der Waals surface area contributed by atoms with Gasteiger partial charge in [-0.3, -0.25) is 4.98 Å². The highest BCUT2D eigenvalue weighted by molar-refractivity contribution is 5.88. The van der Waals surface area contributed by atoms with Gasteiger partial charge in [-0.25, -0.2) is 15.0 Å². The number of aliphatic hydroxyl groups excluding tert-OH is 1. The van der Waals surface area contributed by atoms with Crippen LogP contribution >= 0.6 is 0 Å². The van der Waals surface area contributed by atoms with E-state index in [0.717, 1.165) is 34.7 Å². The lowest BCUT2D eigenvalue weighted by atomic mass is 10.1. The maximum atomic E-state index is 9.12. The Hall–Kier alpha value is -2.80. The van der Waals surface area contributed by atoms with E-state index in [4.69, 9.17) is 5.11 Å². The van der Waals surface area contributed by atoms with Crippen molar-refractivity contribution in [2.45, 2.75) is 6.92 Å². The number of rotatable bonds is 6. The van der Waals surface area contributed by atoms with Crippen LogP contribution in [0.3, 0.4) is 0 Å². The summed E-state index contributed by atoms with van der Waals surface area (Å²) in [4.78, 5) is 19.8. The Morgan fingerprint density at radius 2 is 2.00 bits per heavy atom. The van der Waals surface area contributed by atoms with Crippen molar-refractivity contribution in [3.63, 3.8) is 0 Å². The van der Waals surface area contributed by atoms with Gasteiger partial charge in [-0.1, -0.05) is 0 Å². The molecule has 0 aliphatic rings. The molecule has 2 N–H and O–H groups in total. The smallest absolute Gasteiger partial charge is 0.154 e. The summed E-state index contributed by atoms with van der Waals surface area (Å²) >= 11 is 0. The quantitative estimate of drug-likeness (QED) is 0.716. The molecule has 7 nitrogen and oxygen atoms in total. The van der Waals surface area contributed by atoms with E-state index in [2.05, 4.69) is 25.3 Å². The first-order valence-corrected chi connectivity index (χ1v) is 7.88.